The molecule has 3 nitrogen and oxygen atoms in total. The lowest BCUT2D eigenvalue weighted by atomic mass is 9.86. The predicted octanol–water partition coefficient (Wildman–Crippen LogP) is 3.47. The zero-order valence-corrected chi connectivity index (χ0v) is 10.6. The van der Waals surface area contributed by atoms with Crippen LogP contribution in [0.15, 0.2) is 18.2 Å². The van der Waals surface area contributed by atoms with E-state index in [2.05, 4.69) is 0 Å². The summed E-state index contributed by atoms with van der Waals surface area (Å²) in [6, 6.07) is 4.83. The van der Waals surface area contributed by atoms with Crippen LogP contribution < -0.4 is 0 Å². The Bertz CT molecular complexity index is 439. The molecule has 1 aromatic carbocycles. The number of aliphatic carboxylic acids is 1. The van der Waals surface area contributed by atoms with Gasteiger partial charge in [0.15, 0.2) is 5.60 Å². The van der Waals surface area contributed by atoms with Crippen molar-refractivity contribution in [3.05, 3.63) is 33.8 Å². The standard InChI is InChI=1S/C12H12Cl2O3/c13-9-4-3-8(7-10(9)14)12(11(15)16)5-1-2-6-17-12/h3-4,7H,1-2,5-6H2,(H,15,16). The Labute approximate surface area is 109 Å². The van der Waals surface area contributed by atoms with Gasteiger partial charge in [0.25, 0.3) is 0 Å². The molecule has 5 heteroatoms. The van der Waals surface area contributed by atoms with Crippen LogP contribution in [0.25, 0.3) is 0 Å². The quantitative estimate of drug-likeness (QED) is 0.898. The van der Waals surface area contributed by atoms with Crippen molar-refractivity contribution in [3.63, 3.8) is 0 Å². The molecule has 1 N–H and O–H groups in total. The van der Waals surface area contributed by atoms with Gasteiger partial charge in [-0.1, -0.05) is 29.3 Å². The van der Waals surface area contributed by atoms with Gasteiger partial charge in [0.2, 0.25) is 0 Å². The van der Waals surface area contributed by atoms with E-state index >= 15 is 0 Å². The molecule has 0 bridgehead atoms. The molecular weight excluding hydrogens is 263 g/mol. The maximum absolute atomic E-state index is 11.5. The van der Waals surface area contributed by atoms with E-state index in [0.717, 1.165) is 12.8 Å². The smallest absolute Gasteiger partial charge is 0.340 e. The van der Waals surface area contributed by atoms with Crippen LogP contribution in [0.5, 0.6) is 0 Å². The molecule has 1 saturated heterocycles. The van der Waals surface area contributed by atoms with Gasteiger partial charge in [-0.3, -0.25) is 0 Å². The van der Waals surface area contributed by atoms with Crippen LogP contribution in [0.1, 0.15) is 24.8 Å². The summed E-state index contributed by atoms with van der Waals surface area (Å²) in [6.45, 7) is 0.451. The summed E-state index contributed by atoms with van der Waals surface area (Å²) >= 11 is 11.7. The van der Waals surface area contributed by atoms with E-state index in [0.29, 0.717) is 28.6 Å². The molecular formula is C12H12Cl2O3. The number of hydrogen-bond donors (Lipinski definition) is 1. The van der Waals surface area contributed by atoms with E-state index in [4.69, 9.17) is 27.9 Å². The van der Waals surface area contributed by atoms with E-state index in [1.807, 2.05) is 0 Å². The van der Waals surface area contributed by atoms with Crippen molar-refractivity contribution in [2.75, 3.05) is 6.61 Å². The van der Waals surface area contributed by atoms with E-state index in [-0.39, 0.29) is 0 Å². The molecule has 2 rings (SSSR count). The van der Waals surface area contributed by atoms with E-state index in [1.165, 1.54) is 0 Å². The van der Waals surface area contributed by atoms with Crippen LogP contribution in [-0.2, 0) is 15.1 Å². The maximum atomic E-state index is 11.5. The summed E-state index contributed by atoms with van der Waals surface area (Å²) < 4.78 is 5.51. The number of ether oxygens (including phenoxy) is 1. The molecule has 17 heavy (non-hydrogen) atoms. The highest BCUT2D eigenvalue weighted by Gasteiger charge is 2.43. The van der Waals surface area contributed by atoms with Gasteiger partial charge in [-0.05, 0) is 37.0 Å². The summed E-state index contributed by atoms with van der Waals surface area (Å²) in [5.74, 6) is -0.976. The fourth-order valence-corrected chi connectivity index (χ4v) is 2.36. The molecule has 0 saturated carbocycles. The Kier molecular flexibility index (Phi) is 3.61. The Balaban J connectivity index is 2.45. The maximum Gasteiger partial charge on any atom is 0.340 e. The predicted molar refractivity (Wildman–Crippen MR) is 65.6 cm³/mol. The number of carbonyl (C=O) groups is 1. The third-order valence-electron chi connectivity index (χ3n) is 3.00. The minimum absolute atomic E-state index is 0.346. The first-order chi connectivity index (χ1) is 8.06. The topological polar surface area (TPSA) is 46.5 Å². The van der Waals surface area contributed by atoms with Gasteiger partial charge in [0.05, 0.1) is 10.0 Å². The van der Waals surface area contributed by atoms with Gasteiger partial charge in [-0.15, -0.1) is 0 Å². The largest absolute Gasteiger partial charge is 0.479 e. The summed E-state index contributed by atoms with van der Waals surface area (Å²) in [6.07, 6.45) is 2.17. The summed E-state index contributed by atoms with van der Waals surface area (Å²) in [4.78, 5) is 11.5. The summed E-state index contributed by atoms with van der Waals surface area (Å²) in [5.41, 5.74) is -0.717. The highest BCUT2D eigenvalue weighted by molar-refractivity contribution is 6.42. The van der Waals surface area contributed by atoms with Crippen LogP contribution in [-0.4, -0.2) is 17.7 Å². The number of carboxylic acids is 1. The Morgan fingerprint density at radius 1 is 1.29 bits per heavy atom. The zero-order valence-electron chi connectivity index (χ0n) is 9.08. The van der Waals surface area contributed by atoms with Crippen LogP contribution >= 0.6 is 23.2 Å². The van der Waals surface area contributed by atoms with Gasteiger partial charge in [0.1, 0.15) is 0 Å². The molecule has 0 aliphatic carbocycles. The van der Waals surface area contributed by atoms with Crippen molar-refractivity contribution in [1.29, 1.82) is 0 Å². The second kappa shape index (κ2) is 4.84. The number of halogens is 2. The number of carboxylic acid groups (broad SMARTS) is 1. The average Bonchev–Trinajstić information content (AvgIpc) is 2.33. The van der Waals surface area contributed by atoms with Gasteiger partial charge >= 0.3 is 5.97 Å². The number of benzene rings is 1. The number of rotatable bonds is 2. The molecule has 1 unspecified atom stereocenters. The molecule has 1 aromatic rings. The van der Waals surface area contributed by atoms with Crippen LogP contribution in [0, 0.1) is 0 Å². The van der Waals surface area contributed by atoms with E-state index in [1.54, 1.807) is 18.2 Å². The summed E-state index contributed by atoms with van der Waals surface area (Å²) in [7, 11) is 0. The van der Waals surface area contributed by atoms with Crippen molar-refractivity contribution in [1.82, 2.24) is 0 Å². The minimum atomic E-state index is -1.27. The molecule has 1 aliphatic heterocycles. The number of hydrogen-bond acceptors (Lipinski definition) is 2. The fourth-order valence-electron chi connectivity index (χ4n) is 2.06. The zero-order chi connectivity index (χ0) is 12.5. The van der Waals surface area contributed by atoms with E-state index < -0.39 is 11.6 Å². The van der Waals surface area contributed by atoms with E-state index in [9.17, 15) is 9.90 Å². The Morgan fingerprint density at radius 3 is 2.59 bits per heavy atom. The Hall–Kier alpha value is -0.770. The first kappa shape index (κ1) is 12.7. The van der Waals surface area contributed by atoms with Crippen LogP contribution in [0.4, 0.5) is 0 Å². The molecule has 0 aromatic heterocycles. The first-order valence-corrected chi connectivity index (χ1v) is 6.15. The van der Waals surface area contributed by atoms with Gasteiger partial charge < -0.3 is 9.84 Å². The molecule has 92 valence electrons. The molecule has 1 atom stereocenters. The van der Waals surface area contributed by atoms with Gasteiger partial charge in [-0.25, -0.2) is 4.79 Å². The highest BCUT2D eigenvalue weighted by Crippen LogP contribution is 2.37. The van der Waals surface area contributed by atoms with Gasteiger partial charge in [-0.2, -0.15) is 0 Å². The molecule has 1 aliphatic rings. The lowest BCUT2D eigenvalue weighted by Crippen LogP contribution is -2.41. The van der Waals surface area contributed by atoms with Gasteiger partial charge in [0, 0.05) is 6.61 Å². The molecule has 0 spiro atoms. The van der Waals surface area contributed by atoms with Crippen molar-refractivity contribution >= 4 is 29.2 Å². The SMILES string of the molecule is O=C(O)C1(c2ccc(Cl)c(Cl)c2)CCCCO1. The third kappa shape index (κ3) is 2.28. The van der Waals surface area contributed by atoms with Crippen LogP contribution in [0.3, 0.4) is 0 Å². The molecule has 0 amide bonds. The molecule has 0 radical (unpaired) electrons. The average molecular weight is 275 g/mol. The monoisotopic (exact) mass is 274 g/mol. The second-order valence-electron chi connectivity index (χ2n) is 4.07. The highest BCUT2D eigenvalue weighted by atomic mass is 35.5. The molecule has 1 heterocycles. The lowest BCUT2D eigenvalue weighted by molar-refractivity contribution is -0.174. The first-order valence-electron chi connectivity index (χ1n) is 5.39. The normalized spacial score (nSPS) is 24.6. The summed E-state index contributed by atoms with van der Waals surface area (Å²) in [5, 5.41) is 10.2. The Morgan fingerprint density at radius 2 is 2.06 bits per heavy atom. The molecule has 1 fully saturated rings. The second-order valence-corrected chi connectivity index (χ2v) is 4.88. The van der Waals surface area contributed by atoms with Crippen molar-refractivity contribution < 1.29 is 14.6 Å². The minimum Gasteiger partial charge on any atom is -0.479 e. The lowest BCUT2D eigenvalue weighted by Gasteiger charge is -2.33. The van der Waals surface area contributed by atoms with Crippen LogP contribution in [0.2, 0.25) is 10.0 Å². The fraction of sp³-hybridized carbons (Fsp3) is 0.417. The van der Waals surface area contributed by atoms with Crippen molar-refractivity contribution in [3.8, 4) is 0 Å². The van der Waals surface area contributed by atoms with Crippen molar-refractivity contribution in [2.24, 2.45) is 0 Å². The van der Waals surface area contributed by atoms with Crippen molar-refractivity contribution in [2.45, 2.75) is 24.9 Å². The third-order valence-corrected chi connectivity index (χ3v) is 3.74.